The van der Waals surface area contributed by atoms with Gasteiger partial charge in [0, 0.05) is 32.0 Å². The Morgan fingerprint density at radius 2 is 2.00 bits per heavy atom. The fraction of sp³-hybridized carbons (Fsp3) is 0.619. The van der Waals surface area contributed by atoms with E-state index >= 15 is 0 Å². The molecule has 1 aliphatic carbocycles. The SMILES string of the molecule is Cc1ccc2c(c1)C(=O)N(C(C)C(=O)NC1CC1)CC1(CCN(C)CC1)O2. The number of fused-ring (bicyclic) bond motifs is 1. The number of nitrogens with zero attached hydrogens (tertiary/aromatic N) is 2. The van der Waals surface area contributed by atoms with Gasteiger partial charge in [0.25, 0.3) is 5.91 Å². The van der Waals surface area contributed by atoms with E-state index in [2.05, 4.69) is 17.3 Å². The topological polar surface area (TPSA) is 61.9 Å². The number of ether oxygens (including phenoxy) is 1. The van der Waals surface area contributed by atoms with Crippen LogP contribution in [0.4, 0.5) is 0 Å². The third-order valence-electron chi connectivity index (χ3n) is 6.08. The van der Waals surface area contributed by atoms with Gasteiger partial charge < -0.3 is 19.9 Å². The van der Waals surface area contributed by atoms with Crippen LogP contribution in [0.1, 0.15) is 48.5 Å². The van der Waals surface area contributed by atoms with Gasteiger partial charge in [-0.25, -0.2) is 0 Å². The minimum Gasteiger partial charge on any atom is -0.484 e. The number of aryl methyl sites for hydroxylation is 1. The minimum absolute atomic E-state index is 0.0648. The van der Waals surface area contributed by atoms with Crippen molar-refractivity contribution in [2.45, 2.75) is 57.2 Å². The predicted octanol–water partition coefficient (Wildman–Crippen LogP) is 1.96. The summed E-state index contributed by atoms with van der Waals surface area (Å²) in [5.41, 5.74) is 1.15. The maximum atomic E-state index is 13.4. The second kappa shape index (κ2) is 6.82. The summed E-state index contributed by atoms with van der Waals surface area (Å²) in [5.74, 6) is 0.473. The lowest BCUT2D eigenvalue weighted by Crippen LogP contribution is -2.57. The van der Waals surface area contributed by atoms with E-state index in [1.807, 2.05) is 32.0 Å². The second-order valence-electron chi connectivity index (χ2n) is 8.48. The Labute approximate surface area is 160 Å². The van der Waals surface area contributed by atoms with Gasteiger partial charge in [0.1, 0.15) is 17.4 Å². The van der Waals surface area contributed by atoms with Crippen molar-refractivity contribution in [3.63, 3.8) is 0 Å². The first-order valence-corrected chi connectivity index (χ1v) is 9.96. The number of piperidine rings is 1. The Morgan fingerprint density at radius 1 is 1.30 bits per heavy atom. The molecule has 1 aromatic carbocycles. The number of carbonyl (C=O) groups is 2. The average molecular weight is 371 g/mol. The van der Waals surface area contributed by atoms with Crippen LogP contribution < -0.4 is 10.1 Å². The zero-order valence-electron chi connectivity index (χ0n) is 16.5. The Morgan fingerprint density at radius 3 is 2.67 bits per heavy atom. The number of benzene rings is 1. The molecule has 2 heterocycles. The van der Waals surface area contributed by atoms with E-state index in [9.17, 15) is 9.59 Å². The molecule has 6 nitrogen and oxygen atoms in total. The van der Waals surface area contributed by atoms with Crippen molar-refractivity contribution in [1.82, 2.24) is 15.1 Å². The molecule has 1 spiro atoms. The highest BCUT2D eigenvalue weighted by atomic mass is 16.5. The average Bonchev–Trinajstić information content (AvgIpc) is 3.47. The molecule has 4 rings (SSSR count). The molecule has 0 bridgehead atoms. The van der Waals surface area contributed by atoms with Gasteiger partial charge in [0.2, 0.25) is 5.91 Å². The first-order valence-electron chi connectivity index (χ1n) is 9.96. The standard InChI is InChI=1S/C21H29N3O3/c1-14-4-7-18-17(12-14)20(26)24(15(2)19(25)22-16-5-6-16)13-21(27-18)8-10-23(3)11-9-21/h4,7,12,15-16H,5-6,8-11,13H2,1-3H3,(H,22,25). The number of carbonyl (C=O) groups excluding carboxylic acids is 2. The number of likely N-dealkylation sites (tertiary alicyclic amines) is 1. The normalized spacial score (nSPS) is 23.4. The molecule has 1 atom stereocenters. The van der Waals surface area contributed by atoms with Crippen LogP contribution in [0.15, 0.2) is 18.2 Å². The Hall–Kier alpha value is -2.08. The lowest BCUT2D eigenvalue weighted by molar-refractivity contribution is -0.126. The molecule has 1 unspecified atom stereocenters. The Bertz CT molecular complexity index is 751. The summed E-state index contributed by atoms with van der Waals surface area (Å²) < 4.78 is 6.49. The van der Waals surface area contributed by atoms with Gasteiger partial charge in [-0.1, -0.05) is 11.6 Å². The Balaban J connectivity index is 1.68. The van der Waals surface area contributed by atoms with E-state index in [0.29, 0.717) is 17.9 Å². The van der Waals surface area contributed by atoms with Gasteiger partial charge in [0.05, 0.1) is 12.1 Å². The number of amides is 2. The third-order valence-corrected chi connectivity index (χ3v) is 6.08. The highest BCUT2D eigenvalue weighted by Gasteiger charge is 2.45. The predicted molar refractivity (Wildman–Crippen MR) is 103 cm³/mol. The number of rotatable bonds is 3. The van der Waals surface area contributed by atoms with Crippen molar-refractivity contribution in [3.05, 3.63) is 29.3 Å². The summed E-state index contributed by atoms with van der Waals surface area (Å²) in [6, 6.07) is 5.54. The van der Waals surface area contributed by atoms with Crippen molar-refractivity contribution in [1.29, 1.82) is 0 Å². The molecule has 0 aromatic heterocycles. The van der Waals surface area contributed by atoms with Crippen LogP contribution in [0.5, 0.6) is 5.75 Å². The molecule has 6 heteroatoms. The third kappa shape index (κ3) is 3.68. The summed E-state index contributed by atoms with van der Waals surface area (Å²) in [5, 5.41) is 3.04. The molecule has 3 aliphatic rings. The van der Waals surface area contributed by atoms with Crippen molar-refractivity contribution in [3.8, 4) is 5.75 Å². The largest absolute Gasteiger partial charge is 0.484 e. The van der Waals surface area contributed by atoms with Gasteiger partial charge in [-0.3, -0.25) is 9.59 Å². The number of hydrogen-bond acceptors (Lipinski definition) is 4. The second-order valence-corrected chi connectivity index (χ2v) is 8.48. The van der Waals surface area contributed by atoms with Crippen LogP contribution in [0, 0.1) is 6.92 Å². The highest BCUT2D eigenvalue weighted by Crippen LogP contribution is 2.36. The number of nitrogens with one attached hydrogen (secondary N) is 1. The van der Waals surface area contributed by atoms with Crippen molar-refractivity contribution >= 4 is 11.8 Å². The fourth-order valence-electron chi connectivity index (χ4n) is 3.99. The van der Waals surface area contributed by atoms with Crippen LogP contribution in [0.25, 0.3) is 0 Å². The smallest absolute Gasteiger partial charge is 0.258 e. The van der Waals surface area contributed by atoms with Gasteiger partial charge in [-0.05, 0) is 45.9 Å². The first kappa shape index (κ1) is 18.3. The van der Waals surface area contributed by atoms with E-state index in [1.165, 1.54) is 0 Å². The number of hydrogen-bond donors (Lipinski definition) is 1. The maximum absolute atomic E-state index is 13.4. The van der Waals surface area contributed by atoms with E-state index < -0.39 is 11.6 Å². The summed E-state index contributed by atoms with van der Waals surface area (Å²) in [6.45, 7) is 6.10. The first-order chi connectivity index (χ1) is 12.9. The zero-order valence-corrected chi connectivity index (χ0v) is 16.5. The Kier molecular flexibility index (Phi) is 4.62. The summed E-state index contributed by atoms with van der Waals surface area (Å²) in [4.78, 5) is 30.1. The maximum Gasteiger partial charge on any atom is 0.258 e. The van der Waals surface area contributed by atoms with Crippen LogP contribution in [-0.4, -0.2) is 66.0 Å². The molecule has 1 saturated heterocycles. The zero-order chi connectivity index (χ0) is 19.2. The fourth-order valence-corrected chi connectivity index (χ4v) is 3.99. The van der Waals surface area contributed by atoms with E-state index in [0.717, 1.165) is 44.3 Å². The van der Waals surface area contributed by atoms with Gasteiger partial charge in [0.15, 0.2) is 0 Å². The molecule has 27 heavy (non-hydrogen) atoms. The lowest BCUT2D eigenvalue weighted by atomic mass is 9.90. The molecule has 2 fully saturated rings. The molecule has 1 aromatic rings. The molecule has 2 amide bonds. The molecule has 1 N–H and O–H groups in total. The molecule has 2 aliphatic heterocycles. The van der Waals surface area contributed by atoms with Crippen LogP contribution >= 0.6 is 0 Å². The van der Waals surface area contributed by atoms with Crippen molar-refractivity contribution in [2.75, 3.05) is 26.7 Å². The van der Waals surface area contributed by atoms with Crippen LogP contribution in [0.3, 0.4) is 0 Å². The van der Waals surface area contributed by atoms with Gasteiger partial charge in [-0.2, -0.15) is 0 Å². The molecule has 0 radical (unpaired) electrons. The summed E-state index contributed by atoms with van der Waals surface area (Å²) >= 11 is 0. The van der Waals surface area contributed by atoms with E-state index in [-0.39, 0.29) is 17.9 Å². The molecular weight excluding hydrogens is 342 g/mol. The molecule has 1 saturated carbocycles. The highest BCUT2D eigenvalue weighted by molar-refractivity contribution is 6.00. The molecular formula is C21H29N3O3. The van der Waals surface area contributed by atoms with Crippen molar-refractivity contribution in [2.24, 2.45) is 0 Å². The van der Waals surface area contributed by atoms with Crippen LogP contribution in [0.2, 0.25) is 0 Å². The van der Waals surface area contributed by atoms with Gasteiger partial charge in [-0.15, -0.1) is 0 Å². The lowest BCUT2D eigenvalue weighted by Gasteiger charge is -2.42. The van der Waals surface area contributed by atoms with Crippen LogP contribution in [-0.2, 0) is 4.79 Å². The summed E-state index contributed by atoms with van der Waals surface area (Å²) in [7, 11) is 2.11. The molecule has 146 valence electrons. The minimum atomic E-state index is -0.510. The summed E-state index contributed by atoms with van der Waals surface area (Å²) in [6.07, 6.45) is 3.76. The van der Waals surface area contributed by atoms with Gasteiger partial charge >= 0.3 is 0 Å². The van der Waals surface area contributed by atoms with Crippen molar-refractivity contribution < 1.29 is 14.3 Å². The van der Waals surface area contributed by atoms with E-state index in [1.54, 1.807) is 4.90 Å². The quantitative estimate of drug-likeness (QED) is 0.882. The monoisotopic (exact) mass is 371 g/mol. The van der Waals surface area contributed by atoms with E-state index in [4.69, 9.17) is 4.74 Å².